The Bertz CT molecular complexity index is 1030. The molecule has 0 fully saturated rings. The number of nitrogens with one attached hydrogen (secondary N) is 2. The van der Waals surface area contributed by atoms with Crippen molar-refractivity contribution in [1.82, 2.24) is 15.0 Å². The van der Waals surface area contributed by atoms with E-state index in [9.17, 15) is 0 Å². The lowest BCUT2D eigenvalue weighted by Crippen LogP contribution is -2.04. The molecule has 0 aliphatic heterocycles. The van der Waals surface area contributed by atoms with Crippen molar-refractivity contribution in [3.8, 4) is 27.0 Å². The number of imidazole rings is 1. The average molecular weight is 409 g/mol. The molecular weight excluding hydrogens is 380 g/mol. The molecule has 0 aliphatic rings. The van der Waals surface area contributed by atoms with Crippen molar-refractivity contribution in [3.05, 3.63) is 47.9 Å². The van der Waals surface area contributed by atoms with Gasteiger partial charge in [0.15, 0.2) is 0 Å². The summed E-state index contributed by atoms with van der Waals surface area (Å²) in [5.74, 6) is 1.86. The number of nitrogens with zero attached hydrogens (tertiary/aromatic N) is 2. The molecule has 2 N–H and O–H groups in total. The molecule has 0 aliphatic carbocycles. The minimum absolute atomic E-state index is 0.383. The Balaban J connectivity index is 1.98. The summed E-state index contributed by atoms with van der Waals surface area (Å²) in [6, 6.07) is 9.96. The molecule has 3 aromatic heterocycles. The molecule has 0 bridgehead atoms. The first-order valence-electron chi connectivity index (χ1n) is 9.92. The zero-order valence-electron chi connectivity index (χ0n) is 17.7. The van der Waals surface area contributed by atoms with Crippen LogP contribution in [0.25, 0.3) is 26.7 Å². The minimum Gasteiger partial charge on any atom is -0.481 e. The third-order valence-corrected chi connectivity index (χ3v) is 6.09. The Morgan fingerprint density at radius 1 is 1.17 bits per heavy atom. The number of hydrogen-bond acceptors (Lipinski definition) is 5. The number of aromatic amines is 1. The lowest BCUT2D eigenvalue weighted by atomic mass is 9.92. The van der Waals surface area contributed by atoms with Crippen LogP contribution in [0.5, 0.6) is 5.88 Å². The summed E-state index contributed by atoms with van der Waals surface area (Å²) < 4.78 is 5.24. The number of aryl methyl sites for hydroxylation is 1. The van der Waals surface area contributed by atoms with Crippen LogP contribution in [-0.4, -0.2) is 27.8 Å². The second-order valence-corrected chi connectivity index (χ2v) is 8.17. The minimum atomic E-state index is 0.383. The fraction of sp³-hybridized carbons (Fsp3) is 0.348. The summed E-state index contributed by atoms with van der Waals surface area (Å²) in [6.07, 6.45) is 3.99. The monoisotopic (exact) mass is 408 g/mol. The van der Waals surface area contributed by atoms with Gasteiger partial charge in [0, 0.05) is 17.5 Å². The predicted octanol–water partition coefficient (Wildman–Crippen LogP) is 6.38. The second-order valence-electron chi connectivity index (χ2n) is 7.08. The molecule has 0 spiro atoms. The molecule has 0 saturated carbocycles. The van der Waals surface area contributed by atoms with Gasteiger partial charge in [0.05, 0.1) is 22.6 Å². The van der Waals surface area contributed by atoms with Crippen LogP contribution in [0, 0.1) is 18.3 Å². The lowest BCUT2D eigenvalue weighted by Gasteiger charge is -2.15. The molecular formula is C23H28N4OS. The highest BCUT2D eigenvalue weighted by Crippen LogP contribution is 2.36. The standard InChI is InChI=1S/C23H28N4OS/c1-6-16(7-2)17(13-14(3)24)23-25-15(4)22(27-23)20-12-11-19(29-20)18-9-8-10-21(26-18)28-5/h8-13,16,24H,6-7H2,1-5H3,(H,25,27)/b17-13-,24-14?. The molecule has 0 aromatic carbocycles. The zero-order valence-corrected chi connectivity index (χ0v) is 18.5. The van der Waals surface area contributed by atoms with E-state index in [0.717, 1.165) is 51.1 Å². The van der Waals surface area contributed by atoms with Gasteiger partial charge in [-0.3, -0.25) is 0 Å². The molecule has 3 rings (SSSR count). The van der Waals surface area contributed by atoms with E-state index in [2.05, 4.69) is 42.9 Å². The van der Waals surface area contributed by atoms with E-state index in [1.165, 1.54) is 0 Å². The fourth-order valence-electron chi connectivity index (χ4n) is 3.45. The van der Waals surface area contributed by atoms with Gasteiger partial charge in [-0.05, 0) is 62.5 Å². The van der Waals surface area contributed by atoms with E-state index in [0.29, 0.717) is 17.5 Å². The smallest absolute Gasteiger partial charge is 0.213 e. The Hall–Kier alpha value is -2.73. The number of rotatable bonds is 8. The van der Waals surface area contributed by atoms with Crippen molar-refractivity contribution in [2.75, 3.05) is 7.11 Å². The topological polar surface area (TPSA) is 74.7 Å². The van der Waals surface area contributed by atoms with Crippen molar-refractivity contribution >= 4 is 22.6 Å². The quantitative estimate of drug-likeness (QED) is 0.425. The summed E-state index contributed by atoms with van der Waals surface area (Å²) >= 11 is 1.67. The van der Waals surface area contributed by atoms with E-state index < -0.39 is 0 Å². The van der Waals surface area contributed by atoms with Crippen molar-refractivity contribution < 1.29 is 4.74 Å². The van der Waals surface area contributed by atoms with Gasteiger partial charge < -0.3 is 15.1 Å². The second kappa shape index (κ2) is 9.18. The maximum absolute atomic E-state index is 7.94. The number of thiophene rings is 1. The summed E-state index contributed by atoms with van der Waals surface area (Å²) in [5, 5.41) is 7.94. The van der Waals surface area contributed by atoms with Crippen molar-refractivity contribution in [1.29, 1.82) is 5.41 Å². The number of allylic oxidation sites excluding steroid dienone is 2. The molecule has 3 heterocycles. The maximum Gasteiger partial charge on any atom is 0.213 e. The van der Waals surface area contributed by atoms with Gasteiger partial charge in [-0.2, -0.15) is 0 Å². The average Bonchev–Trinajstić information content (AvgIpc) is 3.34. The largest absolute Gasteiger partial charge is 0.481 e. The van der Waals surface area contributed by atoms with Crippen molar-refractivity contribution in [2.45, 2.75) is 40.5 Å². The highest BCUT2D eigenvalue weighted by molar-refractivity contribution is 7.18. The number of ether oxygens (including phenoxy) is 1. The molecule has 29 heavy (non-hydrogen) atoms. The number of pyridine rings is 1. The van der Waals surface area contributed by atoms with Crippen LogP contribution in [0.2, 0.25) is 0 Å². The molecule has 5 nitrogen and oxygen atoms in total. The molecule has 6 heteroatoms. The maximum atomic E-state index is 7.94. The summed E-state index contributed by atoms with van der Waals surface area (Å²) in [4.78, 5) is 15.1. The molecule has 0 saturated heterocycles. The first-order valence-corrected chi connectivity index (χ1v) is 10.7. The van der Waals surface area contributed by atoms with Gasteiger partial charge >= 0.3 is 0 Å². The van der Waals surface area contributed by atoms with Gasteiger partial charge in [-0.25, -0.2) is 9.97 Å². The van der Waals surface area contributed by atoms with Gasteiger partial charge in [0.25, 0.3) is 0 Å². The van der Waals surface area contributed by atoms with Gasteiger partial charge in [0.2, 0.25) is 5.88 Å². The van der Waals surface area contributed by atoms with Crippen LogP contribution in [0.3, 0.4) is 0 Å². The van der Waals surface area contributed by atoms with Crippen LogP contribution in [0.15, 0.2) is 36.4 Å². The van der Waals surface area contributed by atoms with Gasteiger partial charge in [-0.1, -0.05) is 19.9 Å². The van der Waals surface area contributed by atoms with Crippen molar-refractivity contribution in [3.63, 3.8) is 0 Å². The van der Waals surface area contributed by atoms with Crippen molar-refractivity contribution in [2.24, 2.45) is 5.92 Å². The molecule has 0 unspecified atom stereocenters. The van der Waals surface area contributed by atoms with E-state index in [1.54, 1.807) is 18.4 Å². The summed E-state index contributed by atoms with van der Waals surface area (Å²) in [6.45, 7) is 8.23. The Labute approximate surface area is 176 Å². The number of H-pyrrole nitrogens is 1. The van der Waals surface area contributed by atoms with E-state index in [4.69, 9.17) is 15.1 Å². The fourth-order valence-corrected chi connectivity index (χ4v) is 4.47. The predicted molar refractivity (Wildman–Crippen MR) is 122 cm³/mol. The summed E-state index contributed by atoms with van der Waals surface area (Å²) in [5.41, 5.74) is 4.55. The van der Waals surface area contributed by atoms with Crippen LogP contribution in [0.1, 0.15) is 45.1 Å². The van der Waals surface area contributed by atoms with Crippen LogP contribution >= 0.6 is 11.3 Å². The number of aromatic nitrogens is 3. The Morgan fingerprint density at radius 3 is 2.55 bits per heavy atom. The van der Waals surface area contributed by atoms with Gasteiger partial charge in [0.1, 0.15) is 11.5 Å². The van der Waals surface area contributed by atoms with E-state index in [1.807, 2.05) is 31.2 Å². The normalized spacial score (nSPS) is 11.9. The highest BCUT2D eigenvalue weighted by Gasteiger charge is 2.19. The SMILES string of the molecule is CCC(CC)/C(=C/C(C)=N)c1nc(-c2ccc(-c3cccc(OC)n3)s2)c(C)[nH]1. The number of methoxy groups -OCH3 is 1. The first-order chi connectivity index (χ1) is 14.0. The molecule has 152 valence electrons. The zero-order chi connectivity index (χ0) is 21.0. The highest BCUT2D eigenvalue weighted by atomic mass is 32.1. The van der Waals surface area contributed by atoms with Gasteiger partial charge in [-0.15, -0.1) is 11.3 Å². The Kier molecular flexibility index (Phi) is 6.64. The molecule has 0 radical (unpaired) electrons. The molecule has 0 amide bonds. The number of hydrogen-bond donors (Lipinski definition) is 2. The van der Waals surface area contributed by atoms with E-state index in [-0.39, 0.29) is 0 Å². The third-order valence-electron chi connectivity index (χ3n) is 4.98. The molecule has 3 aromatic rings. The van der Waals surface area contributed by atoms with Crippen LogP contribution in [0.4, 0.5) is 0 Å². The first kappa shape index (κ1) is 21.0. The van der Waals surface area contributed by atoms with E-state index >= 15 is 0 Å². The third kappa shape index (κ3) is 4.65. The lowest BCUT2D eigenvalue weighted by molar-refractivity contribution is 0.398. The Morgan fingerprint density at radius 2 is 1.90 bits per heavy atom. The van der Waals surface area contributed by atoms with Crippen LogP contribution < -0.4 is 4.74 Å². The molecule has 0 atom stereocenters. The summed E-state index contributed by atoms with van der Waals surface area (Å²) in [7, 11) is 1.63. The van der Waals surface area contributed by atoms with Crippen LogP contribution in [-0.2, 0) is 0 Å².